The maximum atomic E-state index is 12.3. The van der Waals surface area contributed by atoms with Gasteiger partial charge in [-0.25, -0.2) is 0 Å². The number of ether oxygens (including phenoxy) is 1. The summed E-state index contributed by atoms with van der Waals surface area (Å²) in [6.45, 7) is 6.32. The Morgan fingerprint density at radius 1 is 1.04 bits per heavy atom. The van der Waals surface area contributed by atoms with Crippen molar-refractivity contribution in [1.82, 2.24) is 0 Å². The monoisotopic (exact) mass is 346 g/mol. The van der Waals surface area contributed by atoms with Crippen molar-refractivity contribution in [1.29, 1.82) is 0 Å². The molecule has 1 N–H and O–H groups in total. The Kier molecular flexibility index (Phi) is 5.63. The van der Waals surface area contributed by atoms with Crippen molar-refractivity contribution in [2.45, 2.75) is 32.6 Å². The van der Waals surface area contributed by atoms with Gasteiger partial charge in [0.15, 0.2) is 0 Å². The van der Waals surface area contributed by atoms with Gasteiger partial charge in [-0.05, 0) is 35.2 Å². The molecule has 0 amide bonds. The van der Waals surface area contributed by atoms with Crippen LogP contribution in [0.4, 0.5) is 0 Å². The van der Waals surface area contributed by atoms with Crippen molar-refractivity contribution in [2.24, 2.45) is 0 Å². The van der Waals surface area contributed by atoms with E-state index in [0.29, 0.717) is 11.1 Å². The number of benzene rings is 2. The molecule has 2 aromatic rings. The van der Waals surface area contributed by atoms with E-state index in [0.717, 1.165) is 5.56 Å². The molecule has 4 nitrogen and oxygen atoms in total. The topological polar surface area (TPSA) is 63.6 Å². The quantitative estimate of drug-likeness (QED) is 0.507. The minimum atomic E-state index is -3.53. The Morgan fingerprint density at radius 2 is 1.62 bits per heavy atom. The van der Waals surface area contributed by atoms with Gasteiger partial charge in [-0.3, -0.25) is 9.36 Å². The average Bonchev–Trinajstić information content (AvgIpc) is 2.54. The zero-order valence-electron chi connectivity index (χ0n) is 14.2. The van der Waals surface area contributed by atoms with E-state index in [1.54, 1.807) is 42.5 Å². The van der Waals surface area contributed by atoms with Crippen LogP contribution in [0.2, 0.25) is 0 Å². The molecule has 0 fully saturated rings. The molecule has 24 heavy (non-hydrogen) atoms. The number of carbonyl (C=O) groups is 1. The lowest BCUT2D eigenvalue weighted by Gasteiger charge is -2.19. The maximum Gasteiger partial charge on any atom is 0.311 e. The third-order valence-electron chi connectivity index (χ3n) is 3.73. The Balaban J connectivity index is 1.93. The van der Waals surface area contributed by atoms with Gasteiger partial charge in [-0.15, -0.1) is 0 Å². The first kappa shape index (κ1) is 18.4. The van der Waals surface area contributed by atoms with Gasteiger partial charge in [0.25, 0.3) is 0 Å². The van der Waals surface area contributed by atoms with E-state index in [-0.39, 0.29) is 18.0 Å². The van der Waals surface area contributed by atoms with Crippen LogP contribution in [-0.4, -0.2) is 17.0 Å². The van der Waals surface area contributed by atoms with E-state index in [1.165, 1.54) is 0 Å². The molecule has 1 atom stereocenters. The lowest BCUT2D eigenvalue weighted by molar-refractivity contribution is -0.133. The van der Waals surface area contributed by atoms with Crippen LogP contribution in [0.1, 0.15) is 32.8 Å². The van der Waals surface area contributed by atoms with Crippen LogP contribution in [0.25, 0.3) is 0 Å². The number of carbonyl (C=O) groups excluding carboxylic acids is 1. The van der Waals surface area contributed by atoms with E-state index in [1.807, 2.05) is 12.1 Å². The van der Waals surface area contributed by atoms with Crippen LogP contribution in [0.5, 0.6) is 5.75 Å². The fourth-order valence-corrected chi connectivity index (χ4v) is 3.62. The Labute approximate surface area is 142 Å². The highest BCUT2D eigenvalue weighted by atomic mass is 31.2. The molecule has 5 heteroatoms. The van der Waals surface area contributed by atoms with Crippen LogP contribution >= 0.6 is 7.37 Å². The molecule has 0 radical (unpaired) electrons. The third-order valence-corrected chi connectivity index (χ3v) is 5.67. The predicted molar refractivity (Wildman–Crippen MR) is 96.2 cm³/mol. The van der Waals surface area contributed by atoms with Crippen molar-refractivity contribution in [3.8, 4) is 5.75 Å². The predicted octanol–water partition coefficient (Wildman–Crippen LogP) is 3.88. The summed E-state index contributed by atoms with van der Waals surface area (Å²) in [6, 6.07) is 15.7. The molecule has 0 spiro atoms. The Morgan fingerprint density at radius 3 is 2.17 bits per heavy atom. The molecule has 2 rings (SSSR count). The van der Waals surface area contributed by atoms with E-state index >= 15 is 0 Å². The van der Waals surface area contributed by atoms with Crippen LogP contribution < -0.4 is 10.0 Å². The fourth-order valence-electron chi connectivity index (χ4n) is 2.24. The summed E-state index contributed by atoms with van der Waals surface area (Å²) < 4.78 is 17.5. The first-order valence-electron chi connectivity index (χ1n) is 7.87. The van der Waals surface area contributed by atoms with Crippen LogP contribution in [0, 0.1) is 0 Å². The number of rotatable bonds is 5. The second-order valence-electron chi connectivity index (χ2n) is 6.76. The average molecular weight is 346 g/mol. The van der Waals surface area contributed by atoms with Crippen molar-refractivity contribution >= 4 is 18.6 Å². The first-order chi connectivity index (χ1) is 11.2. The van der Waals surface area contributed by atoms with Crippen LogP contribution in [0.3, 0.4) is 0 Å². The highest BCUT2D eigenvalue weighted by molar-refractivity contribution is 7.66. The summed E-state index contributed by atoms with van der Waals surface area (Å²) in [5.41, 5.74) is 1.17. The highest BCUT2D eigenvalue weighted by Crippen LogP contribution is 2.39. The molecule has 0 saturated heterocycles. The van der Waals surface area contributed by atoms with Crippen LogP contribution in [-0.2, 0) is 14.8 Å². The zero-order valence-corrected chi connectivity index (χ0v) is 15.1. The standard InChI is InChI=1S/C19H23O4P/c1-19(2,3)15-9-11-16(12-10-15)23-18(20)13-14-24(21,22)17-7-5-4-6-8-17/h4-12H,13-14H2,1-3H3,(H,21,22). The summed E-state index contributed by atoms with van der Waals surface area (Å²) in [4.78, 5) is 22.0. The van der Waals surface area contributed by atoms with Gasteiger partial charge in [0.05, 0.1) is 6.42 Å². The molecule has 0 bridgehead atoms. The molecular weight excluding hydrogens is 323 g/mol. The second-order valence-corrected chi connectivity index (χ2v) is 9.13. The van der Waals surface area contributed by atoms with Gasteiger partial charge >= 0.3 is 5.97 Å². The van der Waals surface area contributed by atoms with E-state index in [9.17, 15) is 14.3 Å². The third kappa shape index (κ3) is 5.05. The Hall–Kier alpha value is -1.90. The van der Waals surface area contributed by atoms with Crippen molar-refractivity contribution in [3.63, 3.8) is 0 Å². The van der Waals surface area contributed by atoms with Gasteiger partial charge in [-0.2, -0.15) is 0 Å². The summed E-state index contributed by atoms with van der Waals surface area (Å²) in [5.74, 6) is -0.0656. The highest BCUT2D eigenvalue weighted by Gasteiger charge is 2.23. The summed E-state index contributed by atoms with van der Waals surface area (Å²) in [5, 5.41) is 0.354. The van der Waals surface area contributed by atoms with Gasteiger partial charge < -0.3 is 9.63 Å². The molecule has 0 aliphatic carbocycles. The van der Waals surface area contributed by atoms with Crippen LogP contribution in [0.15, 0.2) is 54.6 Å². The molecule has 1 unspecified atom stereocenters. The lowest BCUT2D eigenvalue weighted by Crippen LogP contribution is -2.14. The second kappa shape index (κ2) is 7.33. The van der Waals surface area contributed by atoms with Crippen molar-refractivity contribution < 1.29 is 19.0 Å². The minimum Gasteiger partial charge on any atom is -0.427 e. The van der Waals surface area contributed by atoms with Gasteiger partial charge in [0.2, 0.25) is 7.37 Å². The summed E-state index contributed by atoms with van der Waals surface area (Å²) in [6.07, 6.45) is -0.236. The van der Waals surface area contributed by atoms with Gasteiger partial charge in [0.1, 0.15) is 5.75 Å². The summed E-state index contributed by atoms with van der Waals surface area (Å²) in [7, 11) is -3.53. The molecule has 2 aromatic carbocycles. The lowest BCUT2D eigenvalue weighted by atomic mass is 9.87. The molecule has 0 aliphatic heterocycles. The zero-order chi connectivity index (χ0) is 17.8. The number of esters is 1. The molecule has 0 aromatic heterocycles. The number of hydrogen-bond donors (Lipinski definition) is 1. The largest absolute Gasteiger partial charge is 0.427 e. The van der Waals surface area contributed by atoms with E-state index in [2.05, 4.69) is 20.8 Å². The maximum absolute atomic E-state index is 12.3. The first-order valence-corrected chi connectivity index (χ1v) is 9.72. The number of hydrogen-bond acceptors (Lipinski definition) is 3. The van der Waals surface area contributed by atoms with E-state index in [4.69, 9.17) is 4.74 Å². The van der Waals surface area contributed by atoms with Crippen molar-refractivity contribution in [2.75, 3.05) is 6.16 Å². The van der Waals surface area contributed by atoms with Gasteiger partial charge in [-0.1, -0.05) is 51.1 Å². The van der Waals surface area contributed by atoms with E-state index < -0.39 is 13.3 Å². The fraction of sp³-hybridized carbons (Fsp3) is 0.316. The molecule has 128 valence electrons. The normalized spacial score (nSPS) is 14.0. The summed E-state index contributed by atoms with van der Waals surface area (Å²) >= 11 is 0. The van der Waals surface area contributed by atoms with Crippen molar-refractivity contribution in [3.05, 3.63) is 60.2 Å². The molecule has 0 heterocycles. The molecule has 0 aliphatic rings. The molecule has 0 saturated carbocycles. The Bertz CT molecular complexity index is 730. The van der Waals surface area contributed by atoms with Gasteiger partial charge in [0, 0.05) is 11.5 Å². The molecular formula is C19H23O4P. The minimum absolute atomic E-state index is 0.0295. The smallest absolute Gasteiger partial charge is 0.311 e. The SMILES string of the molecule is CC(C)(C)c1ccc(OC(=O)CCP(=O)(O)c2ccccc2)cc1.